The van der Waals surface area contributed by atoms with Gasteiger partial charge in [0.1, 0.15) is 17.3 Å². The third-order valence-electron chi connectivity index (χ3n) is 3.37. The quantitative estimate of drug-likeness (QED) is 0.608. The minimum Gasteiger partial charge on any atom is -0.460 e. The number of nitrogens with one attached hydrogen (secondary N) is 1. The zero-order valence-electron chi connectivity index (χ0n) is 12.7. The molecule has 0 fully saturated rings. The van der Waals surface area contributed by atoms with Gasteiger partial charge in [-0.05, 0) is 43.3 Å². The summed E-state index contributed by atoms with van der Waals surface area (Å²) in [5, 5.41) is 3.48. The molecule has 5 heteroatoms. The van der Waals surface area contributed by atoms with Crippen molar-refractivity contribution in [1.29, 1.82) is 0 Å². The molecule has 122 valence electrons. The van der Waals surface area contributed by atoms with E-state index in [2.05, 4.69) is 12.2 Å². The van der Waals surface area contributed by atoms with Gasteiger partial charge in [-0.2, -0.15) is 0 Å². The van der Waals surface area contributed by atoms with Crippen LogP contribution in [0.2, 0.25) is 5.02 Å². The molecule has 1 heterocycles. The third-order valence-corrected chi connectivity index (χ3v) is 3.66. The number of hydrogen-bond acceptors (Lipinski definition) is 2. The Balaban J connectivity index is 0.00000242. The molecule has 2 aromatic rings. The second kappa shape index (κ2) is 9.88. The largest absolute Gasteiger partial charge is 0.460 e. The molecule has 0 unspecified atom stereocenters. The summed E-state index contributed by atoms with van der Waals surface area (Å²) >= 11 is 5.79. The van der Waals surface area contributed by atoms with Crippen LogP contribution in [-0.4, -0.2) is 6.54 Å². The zero-order chi connectivity index (χ0) is 15.1. The number of furan rings is 1. The second-order valence-electron chi connectivity index (χ2n) is 5.13. The summed E-state index contributed by atoms with van der Waals surface area (Å²) in [7, 11) is 0. The normalized spacial score (nSPS) is 10.5. The molecule has 1 aromatic carbocycles. The van der Waals surface area contributed by atoms with E-state index in [1.165, 1.54) is 31.7 Å². The zero-order valence-corrected chi connectivity index (χ0v) is 14.3. The molecule has 0 saturated carbocycles. The molecule has 2 rings (SSSR count). The average molecular weight is 346 g/mol. The molecule has 0 atom stereocenters. The van der Waals surface area contributed by atoms with E-state index in [4.69, 9.17) is 16.0 Å². The molecule has 0 aliphatic carbocycles. The van der Waals surface area contributed by atoms with Crippen LogP contribution in [0.5, 0.6) is 0 Å². The average Bonchev–Trinajstić information content (AvgIpc) is 2.94. The summed E-state index contributed by atoms with van der Waals surface area (Å²) in [5.74, 6) is 1.17. The number of benzene rings is 1. The Kier molecular flexibility index (Phi) is 8.54. The van der Waals surface area contributed by atoms with Gasteiger partial charge in [0.15, 0.2) is 0 Å². The maximum absolute atomic E-state index is 13.1. The second-order valence-corrected chi connectivity index (χ2v) is 5.54. The van der Waals surface area contributed by atoms with Crippen LogP contribution in [0, 0.1) is 5.82 Å². The van der Waals surface area contributed by atoms with Crippen molar-refractivity contribution in [1.82, 2.24) is 5.32 Å². The Bertz CT molecular complexity index is 572. The molecule has 0 saturated heterocycles. The summed E-state index contributed by atoms with van der Waals surface area (Å²) < 4.78 is 18.9. The standard InChI is InChI=1S/C17H21ClFNO.ClH/c1-2-3-4-5-10-20-12-14-7-9-17(21-14)13-6-8-16(19)15(18)11-13;/h6-9,11,20H,2-5,10,12H2,1H3;1H. The maximum Gasteiger partial charge on any atom is 0.141 e. The molecular formula is C17H22Cl2FNO. The molecular weight excluding hydrogens is 324 g/mol. The predicted octanol–water partition coefficient (Wildman–Crippen LogP) is 5.83. The lowest BCUT2D eigenvalue weighted by atomic mass is 10.2. The predicted molar refractivity (Wildman–Crippen MR) is 92.2 cm³/mol. The number of rotatable bonds is 8. The molecule has 1 N–H and O–H groups in total. The monoisotopic (exact) mass is 345 g/mol. The molecule has 0 aliphatic rings. The fraction of sp³-hybridized carbons (Fsp3) is 0.412. The maximum atomic E-state index is 13.1. The highest BCUT2D eigenvalue weighted by molar-refractivity contribution is 6.31. The van der Waals surface area contributed by atoms with E-state index in [9.17, 15) is 4.39 Å². The van der Waals surface area contributed by atoms with Crippen LogP contribution >= 0.6 is 24.0 Å². The smallest absolute Gasteiger partial charge is 0.141 e. The van der Waals surface area contributed by atoms with Gasteiger partial charge in [0.2, 0.25) is 0 Å². The molecule has 1 aromatic heterocycles. The van der Waals surface area contributed by atoms with Gasteiger partial charge in [0.05, 0.1) is 11.6 Å². The van der Waals surface area contributed by atoms with Gasteiger partial charge in [-0.25, -0.2) is 4.39 Å². The molecule has 2 nitrogen and oxygen atoms in total. The Morgan fingerprint density at radius 1 is 1.14 bits per heavy atom. The Morgan fingerprint density at radius 3 is 2.68 bits per heavy atom. The van der Waals surface area contributed by atoms with Crippen molar-refractivity contribution in [2.75, 3.05) is 6.54 Å². The number of halogens is 3. The highest BCUT2D eigenvalue weighted by Crippen LogP contribution is 2.26. The van der Waals surface area contributed by atoms with Crippen LogP contribution in [-0.2, 0) is 6.54 Å². The lowest BCUT2D eigenvalue weighted by Crippen LogP contribution is -2.14. The highest BCUT2D eigenvalue weighted by atomic mass is 35.5. The van der Waals surface area contributed by atoms with Gasteiger partial charge < -0.3 is 9.73 Å². The first kappa shape index (κ1) is 19.0. The Morgan fingerprint density at radius 2 is 1.95 bits per heavy atom. The minimum absolute atomic E-state index is 0. The molecule has 0 aliphatic heterocycles. The van der Waals surface area contributed by atoms with Crippen molar-refractivity contribution in [3.8, 4) is 11.3 Å². The van der Waals surface area contributed by atoms with Gasteiger partial charge >= 0.3 is 0 Å². The number of hydrogen-bond donors (Lipinski definition) is 1. The van der Waals surface area contributed by atoms with Crippen molar-refractivity contribution in [3.05, 3.63) is 46.9 Å². The first-order valence-electron chi connectivity index (χ1n) is 7.45. The van der Waals surface area contributed by atoms with Crippen LogP contribution in [0.3, 0.4) is 0 Å². The molecule has 0 spiro atoms. The summed E-state index contributed by atoms with van der Waals surface area (Å²) in [5.41, 5.74) is 0.788. The van der Waals surface area contributed by atoms with Crippen molar-refractivity contribution in [2.24, 2.45) is 0 Å². The van der Waals surface area contributed by atoms with Crippen LogP contribution in [0.1, 0.15) is 38.4 Å². The van der Waals surface area contributed by atoms with E-state index >= 15 is 0 Å². The summed E-state index contributed by atoms with van der Waals surface area (Å²) in [6.45, 7) is 3.92. The molecule has 0 bridgehead atoms. The fourth-order valence-electron chi connectivity index (χ4n) is 2.17. The Labute approximate surface area is 142 Å². The first-order valence-corrected chi connectivity index (χ1v) is 7.83. The van der Waals surface area contributed by atoms with Gasteiger partial charge in [-0.15, -0.1) is 12.4 Å². The van der Waals surface area contributed by atoms with E-state index in [0.29, 0.717) is 12.3 Å². The van der Waals surface area contributed by atoms with Crippen LogP contribution < -0.4 is 5.32 Å². The van der Waals surface area contributed by atoms with E-state index < -0.39 is 5.82 Å². The van der Waals surface area contributed by atoms with Gasteiger partial charge in [0, 0.05) is 5.56 Å². The minimum atomic E-state index is -0.416. The van der Waals surface area contributed by atoms with Crippen molar-refractivity contribution in [2.45, 2.75) is 39.2 Å². The topological polar surface area (TPSA) is 25.2 Å². The highest BCUT2D eigenvalue weighted by Gasteiger charge is 2.07. The molecule has 22 heavy (non-hydrogen) atoms. The lowest BCUT2D eigenvalue weighted by molar-refractivity contribution is 0.487. The SMILES string of the molecule is CCCCCCNCc1ccc(-c2ccc(F)c(Cl)c2)o1.Cl. The molecule has 0 radical (unpaired) electrons. The summed E-state index contributed by atoms with van der Waals surface area (Å²) in [4.78, 5) is 0. The van der Waals surface area contributed by atoms with Crippen molar-refractivity contribution < 1.29 is 8.81 Å². The molecule has 0 amide bonds. The van der Waals surface area contributed by atoms with Crippen LogP contribution in [0.4, 0.5) is 4.39 Å². The van der Waals surface area contributed by atoms with E-state index in [0.717, 1.165) is 17.9 Å². The number of unbranched alkanes of at least 4 members (excludes halogenated alkanes) is 3. The van der Waals surface area contributed by atoms with Crippen molar-refractivity contribution in [3.63, 3.8) is 0 Å². The van der Waals surface area contributed by atoms with Gasteiger partial charge in [-0.3, -0.25) is 0 Å². The summed E-state index contributed by atoms with van der Waals surface area (Å²) in [6, 6.07) is 8.43. The van der Waals surface area contributed by atoms with E-state index in [-0.39, 0.29) is 17.4 Å². The van der Waals surface area contributed by atoms with Gasteiger partial charge in [-0.1, -0.05) is 37.8 Å². The summed E-state index contributed by atoms with van der Waals surface area (Å²) in [6.07, 6.45) is 5.00. The van der Waals surface area contributed by atoms with Crippen LogP contribution in [0.25, 0.3) is 11.3 Å². The lowest BCUT2D eigenvalue weighted by Gasteiger charge is -2.02. The Hall–Kier alpha value is -1.03. The van der Waals surface area contributed by atoms with Crippen molar-refractivity contribution >= 4 is 24.0 Å². The third kappa shape index (κ3) is 5.64. The van der Waals surface area contributed by atoms with Gasteiger partial charge in [0.25, 0.3) is 0 Å². The first-order chi connectivity index (χ1) is 10.2. The van der Waals surface area contributed by atoms with E-state index in [1.54, 1.807) is 12.1 Å². The van der Waals surface area contributed by atoms with Crippen LogP contribution in [0.15, 0.2) is 34.7 Å². The van der Waals surface area contributed by atoms with E-state index in [1.807, 2.05) is 12.1 Å². The fourth-order valence-corrected chi connectivity index (χ4v) is 2.35.